The van der Waals surface area contributed by atoms with E-state index in [1.165, 1.54) is 5.57 Å². The number of hydrogen-bond donors (Lipinski definition) is 3. The summed E-state index contributed by atoms with van der Waals surface area (Å²) in [6, 6.07) is 3.78. The quantitative estimate of drug-likeness (QED) is 0.770. The predicted molar refractivity (Wildman–Crippen MR) is 99.2 cm³/mol. The van der Waals surface area contributed by atoms with E-state index in [1.807, 2.05) is 17.0 Å². The fourth-order valence-electron chi connectivity index (χ4n) is 3.46. The molecule has 0 fully saturated rings. The number of hydrogen-bond acceptors (Lipinski definition) is 4. The number of benzene rings is 1. The third-order valence-electron chi connectivity index (χ3n) is 4.90. The van der Waals surface area contributed by atoms with E-state index in [9.17, 15) is 4.79 Å². The maximum absolute atomic E-state index is 12.6. The Morgan fingerprint density at radius 2 is 2.27 bits per heavy atom. The second-order valence-corrected chi connectivity index (χ2v) is 6.57. The average molecular weight is 354 g/mol. The zero-order valence-corrected chi connectivity index (χ0v) is 14.7. The Hall–Kier alpha value is -2.80. The zero-order chi connectivity index (χ0) is 18.1. The van der Waals surface area contributed by atoms with Gasteiger partial charge in [-0.05, 0) is 43.0 Å². The number of nitrogens with one attached hydrogen (secondary N) is 2. The Bertz CT molecular complexity index is 900. The summed E-state index contributed by atoms with van der Waals surface area (Å²) in [4.78, 5) is 14.4. The van der Waals surface area contributed by atoms with E-state index in [2.05, 4.69) is 40.7 Å². The molecule has 0 bridgehead atoms. The minimum atomic E-state index is -0.0968. The maximum Gasteiger partial charge on any atom is 0.322 e. The van der Waals surface area contributed by atoms with Gasteiger partial charge in [0, 0.05) is 5.69 Å². The Kier molecular flexibility index (Phi) is 4.38. The van der Waals surface area contributed by atoms with E-state index in [0.29, 0.717) is 12.4 Å². The van der Waals surface area contributed by atoms with Crippen LogP contribution in [-0.2, 0) is 6.54 Å². The van der Waals surface area contributed by atoms with E-state index in [1.54, 1.807) is 0 Å². The van der Waals surface area contributed by atoms with Gasteiger partial charge in [-0.1, -0.05) is 18.2 Å². The molecule has 0 radical (unpaired) electrons. The van der Waals surface area contributed by atoms with Crippen molar-refractivity contribution in [3.8, 4) is 5.88 Å². The van der Waals surface area contributed by atoms with Gasteiger partial charge in [-0.2, -0.15) is 0 Å². The summed E-state index contributed by atoms with van der Waals surface area (Å²) >= 11 is 0. The Balaban J connectivity index is 1.64. The summed E-state index contributed by atoms with van der Waals surface area (Å²) in [7, 11) is 0. The van der Waals surface area contributed by atoms with Crippen LogP contribution in [0.2, 0.25) is 0 Å². The predicted octanol–water partition coefficient (Wildman–Crippen LogP) is 2.95. The van der Waals surface area contributed by atoms with Gasteiger partial charge in [0.2, 0.25) is 5.88 Å². The molecule has 1 aromatic heterocycles. The molecule has 2 aliphatic rings. The highest BCUT2D eigenvalue weighted by atomic mass is 16.5. The van der Waals surface area contributed by atoms with Crippen molar-refractivity contribution in [2.45, 2.75) is 32.4 Å². The number of nitrogens with zero attached hydrogens (tertiary/aromatic N) is 2. The molecule has 1 aliphatic carbocycles. The number of aromatic nitrogens is 2. The molecule has 4 rings (SSSR count). The molecule has 1 atom stereocenters. The first-order valence-electron chi connectivity index (χ1n) is 8.86. The van der Waals surface area contributed by atoms with Crippen LogP contribution in [0.4, 0.5) is 10.5 Å². The lowest BCUT2D eigenvalue weighted by molar-refractivity contribution is 0.195. The molecule has 7 heteroatoms. The fourth-order valence-corrected chi connectivity index (χ4v) is 3.46. The van der Waals surface area contributed by atoms with Crippen molar-refractivity contribution in [1.29, 1.82) is 0 Å². The average Bonchev–Trinajstić information content (AvgIpc) is 3.06. The summed E-state index contributed by atoms with van der Waals surface area (Å²) in [6.07, 6.45) is 8.54. The van der Waals surface area contributed by atoms with Gasteiger partial charge < -0.3 is 20.1 Å². The highest BCUT2D eigenvalue weighted by Gasteiger charge is 2.29. The molecular formula is C19H22N4O3. The molecule has 0 saturated carbocycles. The molecule has 0 saturated heterocycles. The lowest BCUT2D eigenvalue weighted by Crippen LogP contribution is -2.44. The minimum absolute atomic E-state index is 0.00450. The van der Waals surface area contributed by atoms with Gasteiger partial charge in [0.1, 0.15) is 6.61 Å². The molecule has 2 aromatic rings. The van der Waals surface area contributed by atoms with E-state index in [0.717, 1.165) is 35.0 Å². The molecule has 0 spiro atoms. The lowest BCUT2D eigenvalue weighted by Gasteiger charge is -2.35. The molecule has 1 aromatic carbocycles. The number of allylic oxidation sites excluding steroid dienone is 2. The molecule has 1 unspecified atom stereocenters. The van der Waals surface area contributed by atoms with Crippen LogP contribution in [0, 0.1) is 0 Å². The van der Waals surface area contributed by atoms with Crippen LogP contribution in [0.1, 0.15) is 25.3 Å². The van der Waals surface area contributed by atoms with Crippen molar-refractivity contribution in [2.75, 3.05) is 18.5 Å². The molecule has 2 amide bonds. The number of aliphatic hydroxyl groups excluding tert-OH is 1. The Morgan fingerprint density at radius 3 is 3.04 bits per heavy atom. The summed E-state index contributed by atoms with van der Waals surface area (Å²) < 4.78 is 5.48. The molecule has 136 valence electrons. The summed E-state index contributed by atoms with van der Waals surface area (Å²) in [5, 5.41) is 19.8. The van der Waals surface area contributed by atoms with E-state index < -0.39 is 0 Å². The number of H-pyrrole nitrogens is 1. The first kappa shape index (κ1) is 16.7. The topological polar surface area (TPSA) is 90.5 Å². The van der Waals surface area contributed by atoms with Crippen LogP contribution >= 0.6 is 0 Å². The van der Waals surface area contributed by atoms with Crippen LogP contribution < -0.4 is 10.1 Å². The molecule has 3 N–H and O–H groups in total. The van der Waals surface area contributed by atoms with Crippen LogP contribution in [0.25, 0.3) is 10.9 Å². The molecule has 7 nitrogen and oxygen atoms in total. The van der Waals surface area contributed by atoms with Gasteiger partial charge in [-0.3, -0.25) is 5.10 Å². The Labute approximate surface area is 151 Å². The minimum Gasteiger partial charge on any atom is -0.474 e. The van der Waals surface area contributed by atoms with Crippen LogP contribution in [0.5, 0.6) is 5.88 Å². The molecule has 2 heterocycles. The summed E-state index contributed by atoms with van der Waals surface area (Å²) in [6.45, 7) is 2.70. The first-order chi connectivity index (χ1) is 12.7. The number of ether oxygens (including phenoxy) is 1. The van der Waals surface area contributed by atoms with Crippen LogP contribution in [0.3, 0.4) is 0 Å². The lowest BCUT2D eigenvalue weighted by atomic mass is 9.98. The smallest absolute Gasteiger partial charge is 0.322 e. The number of amides is 2. The van der Waals surface area contributed by atoms with Crippen molar-refractivity contribution in [2.24, 2.45) is 0 Å². The second-order valence-electron chi connectivity index (χ2n) is 6.57. The number of carbonyl (C=O) groups is 1. The SMILES string of the molecule is CC(C1=CCCC=C1)N1Cc2cc3c(OCCO)n[nH]c3cc2NC1=O. The van der Waals surface area contributed by atoms with Gasteiger partial charge in [0.25, 0.3) is 0 Å². The zero-order valence-electron chi connectivity index (χ0n) is 14.7. The van der Waals surface area contributed by atoms with Crippen LogP contribution in [-0.4, -0.2) is 45.5 Å². The molecule has 26 heavy (non-hydrogen) atoms. The standard InChI is InChI=1S/C19H22N4O3/c1-12(13-5-3-2-4-6-13)23-11-14-9-15-17(10-16(14)20-19(23)25)21-22-18(15)26-8-7-24/h3,5-6,9-10,12,24H,2,4,7-8,11H2,1H3,(H,20,25)(H,21,22). The Morgan fingerprint density at radius 1 is 1.38 bits per heavy atom. The highest BCUT2D eigenvalue weighted by Crippen LogP contribution is 2.33. The third kappa shape index (κ3) is 2.94. The summed E-state index contributed by atoms with van der Waals surface area (Å²) in [5.41, 5.74) is 3.76. The van der Waals surface area contributed by atoms with Gasteiger partial charge in [-0.25, -0.2) is 4.79 Å². The van der Waals surface area contributed by atoms with Crippen molar-refractivity contribution in [1.82, 2.24) is 15.1 Å². The number of anilines is 1. The third-order valence-corrected chi connectivity index (χ3v) is 4.90. The number of carbonyl (C=O) groups excluding carboxylic acids is 1. The van der Waals surface area contributed by atoms with Crippen molar-refractivity contribution in [3.05, 3.63) is 41.5 Å². The second kappa shape index (κ2) is 6.84. The van der Waals surface area contributed by atoms with Crippen molar-refractivity contribution in [3.63, 3.8) is 0 Å². The summed E-state index contributed by atoms with van der Waals surface area (Å²) in [5.74, 6) is 0.464. The van der Waals surface area contributed by atoms with Gasteiger partial charge >= 0.3 is 6.03 Å². The van der Waals surface area contributed by atoms with E-state index >= 15 is 0 Å². The van der Waals surface area contributed by atoms with Gasteiger partial charge in [0.15, 0.2) is 0 Å². The number of urea groups is 1. The fraction of sp³-hybridized carbons (Fsp3) is 0.368. The van der Waals surface area contributed by atoms with E-state index in [-0.39, 0.29) is 25.3 Å². The van der Waals surface area contributed by atoms with Gasteiger partial charge in [0.05, 0.1) is 30.1 Å². The maximum atomic E-state index is 12.6. The largest absolute Gasteiger partial charge is 0.474 e. The van der Waals surface area contributed by atoms with E-state index in [4.69, 9.17) is 9.84 Å². The normalized spacial score (nSPS) is 17.7. The molecular weight excluding hydrogens is 332 g/mol. The number of rotatable bonds is 5. The van der Waals surface area contributed by atoms with Crippen molar-refractivity contribution >= 4 is 22.6 Å². The number of fused-ring (bicyclic) bond motifs is 2. The van der Waals surface area contributed by atoms with Crippen molar-refractivity contribution < 1.29 is 14.6 Å². The van der Waals surface area contributed by atoms with Crippen LogP contribution in [0.15, 0.2) is 35.9 Å². The number of aromatic amines is 1. The highest BCUT2D eigenvalue weighted by molar-refractivity contribution is 5.97. The number of aliphatic hydroxyl groups is 1. The monoisotopic (exact) mass is 354 g/mol. The molecule has 1 aliphatic heterocycles. The van der Waals surface area contributed by atoms with Gasteiger partial charge in [-0.15, -0.1) is 5.10 Å². The first-order valence-corrected chi connectivity index (χ1v) is 8.86.